The Morgan fingerprint density at radius 3 is 3.04 bits per heavy atom. The second-order valence-corrected chi connectivity index (χ2v) is 6.21. The summed E-state index contributed by atoms with van der Waals surface area (Å²) in [5, 5.41) is 25.6. The minimum absolute atomic E-state index is 0.113. The molecule has 7 nitrogen and oxygen atoms in total. The monoisotopic (exact) mass is 313 g/mol. The van der Waals surface area contributed by atoms with Crippen molar-refractivity contribution in [1.29, 1.82) is 0 Å². The number of rotatable bonds is 5. The van der Waals surface area contributed by atoms with Crippen LogP contribution >= 0.6 is 0 Å². The molecule has 7 heteroatoms. The van der Waals surface area contributed by atoms with Gasteiger partial charge in [0.2, 0.25) is 0 Å². The van der Waals surface area contributed by atoms with E-state index in [2.05, 4.69) is 20.7 Å². The van der Waals surface area contributed by atoms with Gasteiger partial charge in [-0.3, -0.25) is 4.68 Å². The van der Waals surface area contributed by atoms with E-state index >= 15 is 0 Å². The number of aliphatic hydroxyl groups excluding tert-OH is 1. The van der Waals surface area contributed by atoms with Crippen molar-refractivity contribution in [2.75, 3.05) is 0 Å². The molecule has 0 spiro atoms. The van der Waals surface area contributed by atoms with Gasteiger partial charge in [0.15, 0.2) is 0 Å². The molecule has 0 bridgehead atoms. The van der Waals surface area contributed by atoms with Gasteiger partial charge in [0.25, 0.3) is 0 Å². The second kappa shape index (κ2) is 6.10. The molecule has 1 unspecified atom stereocenters. The highest BCUT2D eigenvalue weighted by molar-refractivity contribution is 5.73. The van der Waals surface area contributed by atoms with E-state index in [1.165, 1.54) is 0 Å². The molecule has 120 valence electrons. The number of benzene rings is 1. The zero-order valence-corrected chi connectivity index (χ0v) is 12.7. The first-order valence-corrected chi connectivity index (χ1v) is 7.88. The minimum Gasteiger partial charge on any atom is -0.391 e. The quantitative estimate of drug-likeness (QED) is 0.739. The van der Waals surface area contributed by atoms with E-state index in [0.717, 1.165) is 36.0 Å². The maximum Gasteiger partial charge on any atom is 0.135 e. The molecular formula is C16H19N5O2. The summed E-state index contributed by atoms with van der Waals surface area (Å²) in [7, 11) is 0. The number of aliphatic hydroxyl groups is 1. The van der Waals surface area contributed by atoms with E-state index in [1.807, 2.05) is 35.1 Å². The molecule has 2 N–H and O–H groups in total. The molecule has 0 aliphatic heterocycles. The molecule has 0 radical (unpaired) electrons. The van der Waals surface area contributed by atoms with E-state index in [-0.39, 0.29) is 12.1 Å². The van der Waals surface area contributed by atoms with Crippen molar-refractivity contribution in [2.24, 2.45) is 5.92 Å². The van der Waals surface area contributed by atoms with Crippen molar-refractivity contribution < 1.29 is 9.74 Å². The number of fused-ring (bicyclic) bond motifs is 1. The van der Waals surface area contributed by atoms with Gasteiger partial charge in [-0.05, 0) is 52.8 Å². The first kappa shape index (κ1) is 14.3. The van der Waals surface area contributed by atoms with Crippen LogP contribution in [0, 0.1) is 5.92 Å². The Morgan fingerprint density at radius 1 is 1.26 bits per heavy atom. The predicted octanol–water partition coefficient (Wildman–Crippen LogP) is 1.35. The van der Waals surface area contributed by atoms with E-state index in [1.54, 1.807) is 6.20 Å². The zero-order valence-electron chi connectivity index (χ0n) is 12.7. The number of nitrogens with one attached hydrogen (secondary N) is 1. The third-order valence-electron chi connectivity index (χ3n) is 4.52. The summed E-state index contributed by atoms with van der Waals surface area (Å²) >= 11 is 0. The summed E-state index contributed by atoms with van der Waals surface area (Å²) < 4.78 is 6.65. The smallest absolute Gasteiger partial charge is 0.135 e. The number of hydrogen-bond acceptors (Lipinski definition) is 6. The standard InChI is InChI=1S/C16H19N5O2/c22-16-8-12(10-21-5-1-4-18-21)7-15(16)17-9-11-2-3-13-14(6-11)20-23-19-13/h1-6,12,15-17,22H,7-10H2/t12?,15-,16-/m1/s1. The third kappa shape index (κ3) is 3.11. The lowest BCUT2D eigenvalue weighted by Crippen LogP contribution is -2.35. The Balaban J connectivity index is 1.35. The normalized spacial score (nSPS) is 24.5. The number of hydrogen-bond donors (Lipinski definition) is 2. The average molecular weight is 313 g/mol. The van der Waals surface area contributed by atoms with Gasteiger partial charge in [0.1, 0.15) is 11.0 Å². The third-order valence-corrected chi connectivity index (χ3v) is 4.52. The molecule has 1 saturated carbocycles. The highest BCUT2D eigenvalue weighted by Gasteiger charge is 2.32. The molecule has 4 rings (SSSR count). The van der Waals surface area contributed by atoms with Crippen LogP contribution in [0.3, 0.4) is 0 Å². The first-order chi connectivity index (χ1) is 11.3. The molecular weight excluding hydrogens is 294 g/mol. The Bertz CT molecular complexity index is 770. The zero-order chi connectivity index (χ0) is 15.6. The van der Waals surface area contributed by atoms with Crippen LogP contribution in [0.25, 0.3) is 11.0 Å². The van der Waals surface area contributed by atoms with Crippen LogP contribution in [-0.2, 0) is 13.1 Å². The molecule has 1 aromatic carbocycles. The van der Waals surface area contributed by atoms with Gasteiger partial charge in [-0.1, -0.05) is 6.07 Å². The van der Waals surface area contributed by atoms with Crippen LogP contribution in [0.4, 0.5) is 0 Å². The summed E-state index contributed by atoms with van der Waals surface area (Å²) in [6.45, 7) is 1.55. The topological polar surface area (TPSA) is 89.0 Å². The van der Waals surface area contributed by atoms with Crippen molar-refractivity contribution in [1.82, 2.24) is 25.4 Å². The lowest BCUT2D eigenvalue weighted by Gasteiger charge is -2.16. The number of aromatic nitrogens is 4. The molecule has 23 heavy (non-hydrogen) atoms. The van der Waals surface area contributed by atoms with Gasteiger partial charge in [0, 0.05) is 31.5 Å². The largest absolute Gasteiger partial charge is 0.391 e. The van der Waals surface area contributed by atoms with E-state index in [0.29, 0.717) is 12.5 Å². The van der Waals surface area contributed by atoms with Crippen molar-refractivity contribution in [2.45, 2.75) is 38.1 Å². The molecule has 1 aliphatic rings. The highest BCUT2D eigenvalue weighted by Crippen LogP contribution is 2.27. The van der Waals surface area contributed by atoms with E-state index in [4.69, 9.17) is 4.63 Å². The molecule has 1 fully saturated rings. The molecule has 3 aromatic rings. The lowest BCUT2D eigenvalue weighted by atomic mass is 10.1. The molecule has 3 atom stereocenters. The fourth-order valence-corrected chi connectivity index (χ4v) is 3.35. The van der Waals surface area contributed by atoms with Gasteiger partial charge in [0.05, 0.1) is 6.10 Å². The van der Waals surface area contributed by atoms with Crippen LogP contribution < -0.4 is 5.32 Å². The average Bonchev–Trinajstić information content (AvgIpc) is 3.26. The van der Waals surface area contributed by atoms with Crippen LogP contribution in [0.15, 0.2) is 41.3 Å². The van der Waals surface area contributed by atoms with Crippen LogP contribution in [0.1, 0.15) is 18.4 Å². The fourth-order valence-electron chi connectivity index (χ4n) is 3.35. The van der Waals surface area contributed by atoms with Crippen molar-refractivity contribution in [3.8, 4) is 0 Å². The minimum atomic E-state index is -0.312. The predicted molar refractivity (Wildman–Crippen MR) is 83.4 cm³/mol. The summed E-state index contributed by atoms with van der Waals surface area (Å²) in [5.74, 6) is 0.449. The molecule has 2 heterocycles. The maximum absolute atomic E-state index is 10.3. The van der Waals surface area contributed by atoms with Gasteiger partial charge in [-0.2, -0.15) is 5.10 Å². The van der Waals surface area contributed by atoms with Crippen molar-refractivity contribution in [3.63, 3.8) is 0 Å². The Kier molecular flexibility index (Phi) is 3.80. The summed E-state index contributed by atoms with van der Waals surface area (Å²) in [6.07, 6.45) is 5.20. The molecule has 1 aliphatic carbocycles. The Hall–Kier alpha value is -2.25. The first-order valence-electron chi connectivity index (χ1n) is 7.88. The summed E-state index contributed by atoms with van der Waals surface area (Å²) in [6, 6.07) is 7.90. The Morgan fingerprint density at radius 2 is 2.17 bits per heavy atom. The van der Waals surface area contributed by atoms with Crippen LogP contribution in [0.5, 0.6) is 0 Å². The Labute approximate surface area is 133 Å². The summed E-state index contributed by atoms with van der Waals surface area (Å²) in [5.41, 5.74) is 2.62. The van der Waals surface area contributed by atoms with Gasteiger partial charge in [-0.25, -0.2) is 4.63 Å². The number of nitrogens with zero attached hydrogens (tertiary/aromatic N) is 4. The molecule has 2 aromatic heterocycles. The lowest BCUT2D eigenvalue weighted by molar-refractivity contribution is 0.145. The van der Waals surface area contributed by atoms with Crippen LogP contribution in [-0.4, -0.2) is 37.3 Å². The highest BCUT2D eigenvalue weighted by atomic mass is 16.6. The molecule has 0 amide bonds. The molecule has 0 saturated heterocycles. The SMILES string of the molecule is O[C@@H]1CC(Cn2cccn2)C[C@H]1NCc1ccc2nonc2c1. The van der Waals surface area contributed by atoms with Gasteiger partial charge >= 0.3 is 0 Å². The van der Waals surface area contributed by atoms with Crippen LogP contribution in [0.2, 0.25) is 0 Å². The van der Waals surface area contributed by atoms with Crippen molar-refractivity contribution >= 4 is 11.0 Å². The van der Waals surface area contributed by atoms with E-state index < -0.39 is 0 Å². The van der Waals surface area contributed by atoms with Gasteiger partial charge in [-0.15, -0.1) is 0 Å². The second-order valence-electron chi connectivity index (χ2n) is 6.21. The summed E-state index contributed by atoms with van der Waals surface area (Å²) in [4.78, 5) is 0. The fraction of sp³-hybridized carbons (Fsp3) is 0.438. The van der Waals surface area contributed by atoms with Crippen molar-refractivity contribution in [3.05, 3.63) is 42.2 Å². The maximum atomic E-state index is 10.3. The van der Waals surface area contributed by atoms with Gasteiger partial charge < -0.3 is 10.4 Å². The van der Waals surface area contributed by atoms with E-state index in [9.17, 15) is 5.11 Å².